The SMILES string of the molecule is Cc1cc(OCc2ccccc2)ccc1NC(=O)c1c(Cl)cnn1CC1CN(C(=O)C(C)C)CCO1. The average molecular weight is 511 g/mol. The van der Waals surface area contributed by atoms with Gasteiger partial charge < -0.3 is 19.7 Å². The highest BCUT2D eigenvalue weighted by molar-refractivity contribution is 6.34. The van der Waals surface area contributed by atoms with Crippen molar-refractivity contribution in [3.05, 3.63) is 76.6 Å². The standard InChI is InChI=1S/C27H31ClN4O4/c1-18(2)27(34)31-11-12-35-22(15-31)16-32-25(23(28)14-29-32)26(33)30-24-10-9-21(13-19(24)3)36-17-20-7-5-4-6-8-20/h4-10,13-14,18,22H,11-12,15-17H2,1-3H3,(H,30,33). The normalized spacial score (nSPS) is 15.7. The van der Waals surface area contributed by atoms with Crippen LogP contribution in [0, 0.1) is 12.8 Å². The van der Waals surface area contributed by atoms with E-state index in [4.69, 9.17) is 21.1 Å². The number of aromatic nitrogens is 2. The summed E-state index contributed by atoms with van der Waals surface area (Å²) in [6.07, 6.45) is 1.16. The number of anilines is 1. The molecule has 3 aromatic rings. The molecule has 0 saturated carbocycles. The van der Waals surface area contributed by atoms with Crippen molar-refractivity contribution < 1.29 is 19.1 Å². The first kappa shape index (κ1) is 25.7. The molecule has 0 bridgehead atoms. The highest BCUT2D eigenvalue weighted by atomic mass is 35.5. The molecular weight excluding hydrogens is 480 g/mol. The zero-order valence-corrected chi connectivity index (χ0v) is 21.5. The van der Waals surface area contributed by atoms with Gasteiger partial charge in [0.05, 0.1) is 30.5 Å². The molecule has 0 aliphatic carbocycles. The average Bonchev–Trinajstić information content (AvgIpc) is 3.24. The van der Waals surface area contributed by atoms with Gasteiger partial charge in [0.25, 0.3) is 5.91 Å². The molecule has 36 heavy (non-hydrogen) atoms. The number of ether oxygens (including phenoxy) is 2. The molecule has 1 fully saturated rings. The van der Waals surface area contributed by atoms with Crippen LogP contribution in [0.15, 0.2) is 54.7 Å². The number of carbonyl (C=O) groups is 2. The summed E-state index contributed by atoms with van der Waals surface area (Å²) < 4.78 is 13.3. The van der Waals surface area contributed by atoms with Gasteiger partial charge in [0.15, 0.2) is 0 Å². The van der Waals surface area contributed by atoms with Crippen LogP contribution in [0.1, 0.15) is 35.5 Å². The molecule has 2 aromatic carbocycles. The maximum Gasteiger partial charge on any atom is 0.275 e. The van der Waals surface area contributed by atoms with Gasteiger partial charge in [-0.05, 0) is 36.2 Å². The molecule has 2 heterocycles. The monoisotopic (exact) mass is 510 g/mol. The number of aryl methyl sites for hydroxylation is 1. The van der Waals surface area contributed by atoms with Gasteiger partial charge in [-0.25, -0.2) is 0 Å². The Bertz CT molecular complexity index is 1210. The molecule has 1 saturated heterocycles. The van der Waals surface area contributed by atoms with E-state index in [2.05, 4.69) is 10.4 Å². The molecule has 1 aliphatic heterocycles. The molecule has 1 unspecified atom stereocenters. The van der Waals surface area contributed by atoms with E-state index < -0.39 is 0 Å². The minimum Gasteiger partial charge on any atom is -0.489 e. The second kappa shape index (κ2) is 11.6. The van der Waals surface area contributed by atoms with Crippen molar-refractivity contribution in [1.82, 2.24) is 14.7 Å². The predicted molar refractivity (Wildman–Crippen MR) is 138 cm³/mol. The van der Waals surface area contributed by atoms with E-state index in [1.165, 1.54) is 6.20 Å². The molecule has 1 atom stereocenters. The number of amides is 2. The van der Waals surface area contributed by atoms with Crippen LogP contribution in [-0.4, -0.2) is 52.3 Å². The Morgan fingerprint density at radius 3 is 2.72 bits per heavy atom. The van der Waals surface area contributed by atoms with Crippen LogP contribution >= 0.6 is 11.6 Å². The Labute approximate surface area is 216 Å². The van der Waals surface area contributed by atoms with Crippen molar-refractivity contribution in [2.75, 3.05) is 25.0 Å². The molecule has 4 rings (SSSR count). The topological polar surface area (TPSA) is 85.7 Å². The fraction of sp³-hybridized carbons (Fsp3) is 0.370. The summed E-state index contributed by atoms with van der Waals surface area (Å²) in [5, 5.41) is 7.47. The molecule has 1 N–H and O–H groups in total. The van der Waals surface area contributed by atoms with Crippen LogP contribution in [0.3, 0.4) is 0 Å². The molecule has 1 aromatic heterocycles. The Morgan fingerprint density at radius 1 is 1.22 bits per heavy atom. The second-order valence-electron chi connectivity index (χ2n) is 9.16. The van der Waals surface area contributed by atoms with Gasteiger partial charge in [0, 0.05) is 24.7 Å². The third kappa shape index (κ3) is 6.25. The van der Waals surface area contributed by atoms with Crippen LogP contribution in [0.25, 0.3) is 0 Å². The van der Waals surface area contributed by atoms with Crippen molar-refractivity contribution in [1.29, 1.82) is 0 Å². The molecule has 1 aliphatic rings. The van der Waals surface area contributed by atoms with Crippen LogP contribution in [0.4, 0.5) is 5.69 Å². The molecule has 0 spiro atoms. The largest absolute Gasteiger partial charge is 0.489 e. The number of halogens is 1. The Balaban J connectivity index is 1.41. The summed E-state index contributed by atoms with van der Waals surface area (Å²) in [5.74, 6) is 0.353. The van der Waals surface area contributed by atoms with E-state index in [-0.39, 0.29) is 34.6 Å². The van der Waals surface area contributed by atoms with Crippen LogP contribution in [-0.2, 0) is 22.7 Å². The summed E-state index contributed by atoms with van der Waals surface area (Å²) in [7, 11) is 0. The number of nitrogens with one attached hydrogen (secondary N) is 1. The van der Waals surface area contributed by atoms with Gasteiger partial charge in [-0.15, -0.1) is 0 Å². The van der Waals surface area contributed by atoms with Crippen molar-refractivity contribution >= 4 is 29.1 Å². The van der Waals surface area contributed by atoms with Crippen LogP contribution in [0.2, 0.25) is 5.02 Å². The van der Waals surface area contributed by atoms with Crippen LogP contribution < -0.4 is 10.1 Å². The minimum atomic E-state index is -0.371. The molecule has 8 nitrogen and oxygen atoms in total. The first-order valence-corrected chi connectivity index (χ1v) is 12.4. The van der Waals surface area contributed by atoms with Gasteiger partial charge in [0.2, 0.25) is 5.91 Å². The predicted octanol–water partition coefficient (Wildman–Crippen LogP) is 4.56. The van der Waals surface area contributed by atoms with Gasteiger partial charge in [-0.1, -0.05) is 55.8 Å². The maximum atomic E-state index is 13.2. The highest BCUT2D eigenvalue weighted by Crippen LogP contribution is 2.24. The summed E-state index contributed by atoms with van der Waals surface area (Å²) in [5.41, 5.74) is 2.83. The third-order valence-corrected chi connectivity index (χ3v) is 6.30. The zero-order chi connectivity index (χ0) is 25.7. The molecule has 190 valence electrons. The molecule has 0 radical (unpaired) electrons. The lowest BCUT2D eigenvalue weighted by molar-refractivity contribution is -0.142. The lowest BCUT2D eigenvalue weighted by Gasteiger charge is -2.34. The summed E-state index contributed by atoms with van der Waals surface area (Å²) in [6, 6.07) is 15.4. The molecule has 9 heteroatoms. The minimum absolute atomic E-state index is 0.0809. The maximum absolute atomic E-state index is 13.2. The van der Waals surface area contributed by atoms with E-state index in [1.54, 1.807) is 9.58 Å². The van der Waals surface area contributed by atoms with Gasteiger partial charge in [0.1, 0.15) is 18.1 Å². The van der Waals surface area contributed by atoms with Gasteiger partial charge in [-0.2, -0.15) is 5.10 Å². The van der Waals surface area contributed by atoms with Crippen molar-refractivity contribution in [2.45, 2.75) is 40.0 Å². The lowest BCUT2D eigenvalue weighted by Crippen LogP contribution is -2.48. The number of carbonyl (C=O) groups excluding carboxylic acids is 2. The number of benzene rings is 2. The van der Waals surface area contributed by atoms with E-state index in [0.29, 0.717) is 44.3 Å². The lowest BCUT2D eigenvalue weighted by atomic mass is 10.1. The van der Waals surface area contributed by atoms with Crippen molar-refractivity contribution in [2.24, 2.45) is 5.92 Å². The van der Waals surface area contributed by atoms with Gasteiger partial charge >= 0.3 is 0 Å². The summed E-state index contributed by atoms with van der Waals surface area (Å²) >= 11 is 6.34. The van der Waals surface area contributed by atoms with Crippen LogP contribution in [0.5, 0.6) is 5.75 Å². The quantitative estimate of drug-likeness (QED) is 0.480. The van der Waals surface area contributed by atoms with Gasteiger partial charge in [-0.3, -0.25) is 14.3 Å². The third-order valence-electron chi connectivity index (χ3n) is 6.03. The molecule has 2 amide bonds. The number of morpholine rings is 1. The number of nitrogens with zero attached hydrogens (tertiary/aromatic N) is 3. The number of hydrogen-bond acceptors (Lipinski definition) is 5. The Hall–Kier alpha value is -3.36. The smallest absolute Gasteiger partial charge is 0.275 e. The van der Waals surface area contributed by atoms with Crippen molar-refractivity contribution in [3.8, 4) is 5.75 Å². The van der Waals surface area contributed by atoms with E-state index >= 15 is 0 Å². The van der Waals surface area contributed by atoms with E-state index in [0.717, 1.165) is 11.1 Å². The zero-order valence-electron chi connectivity index (χ0n) is 20.7. The summed E-state index contributed by atoms with van der Waals surface area (Å²) in [4.78, 5) is 27.4. The van der Waals surface area contributed by atoms with E-state index in [9.17, 15) is 9.59 Å². The second-order valence-corrected chi connectivity index (χ2v) is 9.57. The van der Waals surface area contributed by atoms with E-state index in [1.807, 2.05) is 69.3 Å². The van der Waals surface area contributed by atoms with Crippen molar-refractivity contribution in [3.63, 3.8) is 0 Å². The summed E-state index contributed by atoms with van der Waals surface area (Å²) in [6.45, 7) is 7.88. The fourth-order valence-corrected chi connectivity index (χ4v) is 4.33. The number of rotatable bonds is 8. The first-order chi connectivity index (χ1) is 17.3. The fourth-order valence-electron chi connectivity index (χ4n) is 4.10. The Kier molecular flexibility index (Phi) is 8.28. The number of hydrogen-bond donors (Lipinski definition) is 1. The highest BCUT2D eigenvalue weighted by Gasteiger charge is 2.28. The first-order valence-electron chi connectivity index (χ1n) is 12.0. The molecular formula is C27H31ClN4O4. The Morgan fingerprint density at radius 2 is 2.00 bits per heavy atom.